The minimum Gasteiger partial charge on any atom is -0.493 e. The Morgan fingerprint density at radius 2 is 1.69 bits per heavy atom. The smallest absolute Gasteiger partial charge is 0.241 e. The topological polar surface area (TPSA) is 93.7 Å². The van der Waals surface area contributed by atoms with E-state index in [1.54, 1.807) is 0 Å². The monoisotopic (exact) mass is 378 g/mol. The second-order valence-electron chi connectivity index (χ2n) is 5.49. The van der Waals surface area contributed by atoms with Gasteiger partial charge in [0, 0.05) is 13.1 Å². The molecule has 0 saturated heterocycles. The third-order valence-corrected chi connectivity index (χ3v) is 5.28. The predicted octanol–water partition coefficient (Wildman–Crippen LogP) is 1.34. The summed E-state index contributed by atoms with van der Waals surface area (Å²) in [5.41, 5.74) is 0.844. The number of hydrogen-bond donors (Lipinski definition) is 2. The highest BCUT2D eigenvalue weighted by molar-refractivity contribution is 7.89. The summed E-state index contributed by atoms with van der Waals surface area (Å²) in [5, 5.41) is 2.49. The third kappa shape index (κ3) is 4.74. The first-order valence-corrected chi connectivity index (χ1v) is 9.39. The number of rotatable bonds is 8. The van der Waals surface area contributed by atoms with Crippen molar-refractivity contribution in [1.29, 1.82) is 0 Å². The number of carbonyl (C=O) groups is 1. The molecule has 0 heterocycles. The predicted molar refractivity (Wildman–Crippen MR) is 97.9 cm³/mol. The molecule has 0 fully saturated rings. The van der Waals surface area contributed by atoms with Crippen LogP contribution in [0.3, 0.4) is 0 Å². The number of amides is 1. The maximum atomic E-state index is 12.7. The summed E-state index contributed by atoms with van der Waals surface area (Å²) in [5.74, 6) is 0.284. The van der Waals surface area contributed by atoms with Gasteiger partial charge in [0.1, 0.15) is 6.04 Å². The summed E-state index contributed by atoms with van der Waals surface area (Å²) in [6.07, 6.45) is 0.229. The quantitative estimate of drug-likeness (QED) is 0.723. The zero-order chi connectivity index (χ0) is 19.2. The highest BCUT2D eigenvalue weighted by Crippen LogP contribution is 2.29. The Balaban J connectivity index is 2.29. The molecule has 8 heteroatoms. The van der Waals surface area contributed by atoms with E-state index in [0.717, 1.165) is 5.56 Å². The molecule has 0 aliphatic rings. The van der Waals surface area contributed by atoms with Crippen LogP contribution in [0.2, 0.25) is 0 Å². The van der Waals surface area contributed by atoms with Crippen LogP contribution in [0.4, 0.5) is 0 Å². The molecule has 2 rings (SSSR count). The second-order valence-corrected chi connectivity index (χ2v) is 7.21. The molecular weight excluding hydrogens is 356 g/mol. The fourth-order valence-corrected chi connectivity index (χ4v) is 3.66. The molecule has 1 atom stereocenters. The second kappa shape index (κ2) is 8.68. The van der Waals surface area contributed by atoms with Crippen molar-refractivity contribution in [3.05, 3.63) is 54.1 Å². The van der Waals surface area contributed by atoms with Crippen LogP contribution in [0.15, 0.2) is 53.4 Å². The molecule has 2 aromatic carbocycles. The van der Waals surface area contributed by atoms with Gasteiger partial charge in [0.2, 0.25) is 15.9 Å². The molecule has 140 valence electrons. The van der Waals surface area contributed by atoms with Crippen molar-refractivity contribution in [2.24, 2.45) is 0 Å². The van der Waals surface area contributed by atoms with Crippen LogP contribution < -0.4 is 19.5 Å². The molecular formula is C18H22N2O5S. The Kier molecular flexibility index (Phi) is 6.59. The lowest BCUT2D eigenvalue weighted by Gasteiger charge is -2.18. The van der Waals surface area contributed by atoms with Crippen LogP contribution in [-0.4, -0.2) is 41.6 Å². The van der Waals surface area contributed by atoms with Crippen LogP contribution in [0, 0.1) is 0 Å². The van der Waals surface area contributed by atoms with E-state index in [0.29, 0.717) is 5.75 Å². The molecule has 7 nitrogen and oxygen atoms in total. The van der Waals surface area contributed by atoms with E-state index in [1.165, 1.54) is 39.5 Å². The summed E-state index contributed by atoms with van der Waals surface area (Å²) < 4.78 is 38.2. The highest BCUT2D eigenvalue weighted by atomic mass is 32.2. The van der Waals surface area contributed by atoms with Gasteiger partial charge in [0.05, 0.1) is 19.1 Å². The summed E-state index contributed by atoms with van der Waals surface area (Å²) in [6, 6.07) is 12.5. The molecule has 0 aliphatic carbocycles. The first-order chi connectivity index (χ1) is 12.4. The lowest BCUT2D eigenvalue weighted by atomic mass is 10.1. The van der Waals surface area contributed by atoms with Gasteiger partial charge in [-0.1, -0.05) is 30.3 Å². The van der Waals surface area contributed by atoms with Gasteiger partial charge >= 0.3 is 0 Å². The molecule has 0 radical (unpaired) electrons. The van der Waals surface area contributed by atoms with E-state index in [9.17, 15) is 13.2 Å². The molecule has 1 amide bonds. The summed E-state index contributed by atoms with van der Waals surface area (Å²) in [7, 11) is 0.410. The highest BCUT2D eigenvalue weighted by Gasteiger charge is 2.26. The standard InChI is InChI=1S/C18H22N2O5S/c1-19-18(21)15(11-13-7-5-4-6-8-13)20-26(22,23)14-9-10-16(24-2)17(12-14)25-3/h4-10,12,15,20H,11H2,1-3H3,(H,19,21)/t15-/m1/s1. The van der Waals surface area contributed by atoms with Crippen molar-refractivity contribution >= 4 is 15.9 Å². The van der Waals surface area contributed by atoms with Crippen LogP contribution in [-0.2, 0) is 21.2 Å². The van der Waals surface area contributed by atoms with Gasteiger partial charge in [0.15, 0.2) is 11.5 Å². The number of methoxy groups -OCH3 is 2. The van der Waals surface area contributed by atoms with Gasteiger partial charge in [-0.25, -0.2) is 8.42 Å². The Morgan fingerprint density at radius 3 is 2.27 bits per heavy atom. The number of hydrogen-bond acceptors (Lipinski definition) is 5. The largest absolute Gasteiger partial charge is 0.493 e. The first kappa shape index (κ1) is 19.7. The number of likely N-dealkylation sites (N-methyl/N-ethyl adjacent to an activating group) is 1. The Labute approximate surface area is 153 Å². The van der Waals surface area contributed by atoms with Crippen molar-refractivity contribution in [2.45, 2.75) is 17.4 Å². The Morgan fingerprint density at radius 1 is 1.04 bits per heavy atom. The van der Waals surface area contributed by atoms with E-state index >= 15 is 0 Å². The Bertz CT molecular complexity index is 853. The van der Waals surface area contributed by atoms with Crippen molar-refractivity contribution in [2.75, 3.05) is 21.3 Å². The number of carbonyl (C=O) groups excluding carboxylic acids is 1. The van der Waals surface area contributed by atoms with Crippen molar-refractivity contribution in [1.82, 2.24) is 10.0 Å². The molecule has 0 saturated carbocycles. The van der Waals surface area contributed by atoms with Crippen LogP contribution in [0.1, 0.15) is 5.56 Å². The molecule has 0 unspecified atom stereocenters. The minimum atomic E-state index is -3.94. The van der Waals surface area contributed by atoms with Gasteiger partial charge in [-0.15, -0.1) is 0 Å². The van der Waals surface area contributed by atoms with Crippen LogP contribution in [0.25, 0.3) is 0 Å². The van der Waals surface area contributed by atoms with Crippen molar-refractivity contribution in [3.63, 3.8) is 0 Å². The number of nitrogens with one attached hydrogen (secondary N) is 2. The fraction of sp³-hybridized carbons (Fsp3) is 0.278. The van der Waals surface area contributed by atoms with Crippen LogP contribution in [0.5, 0.6) is 11.5 Å². The van der Waals surface area contributed by atoms with Crippen molar-refractivity contribution < 1.29 is 22.7 Å². The molecule has 0 bridgehead atoms. The summed E-state index contributed by atoms with van der Waals surface area (Å²) in [4.78, 5) is 12.1. The molecule has 0 aliphatic heterocycles. The number of ether oxygens (including phenoxy) is 2. The number of benzene rings is 2. The molecule has 26 heavy (non-hydrogen) atoms. The SMILES string of the molecule is CNC(=O)[C@@H](Cc1ccccc1)NS(=O)(=O)c1ccc(OC)c(OC)c1. The van der Waals surface area contributed by atoms with Gasteiger partial charge in [0.25, 0.3) is 0 Å². The lowest BCUT2D eigenvalue weighted by Crippen LogP contribution is -2.46. The maximum Gasteiger partial charge on any atom is 0.241 e. The van der Waals surface area contributed by atoms with Gasteiger partial charge < -0.3 is 14.8 Å². The van der Waals surface area contributed by atoms with E-state index in [-0.39, 0.29) is 17.1 Å². The zero-order valence-electron chi connectivity index (χ0n) is 14.9. The summed E-state index contributed by atoms with van der Waals surface area (Å²) >= 11 is 0. The van der Waals surface area contributed by atoms with Gasteiger partial charge in [-0.3, -0.25) is 4.79 Å². The summed E-state index contributed by atoms with van der Waals surface area (Å²) in [6.45, 7) is 0. The zero-order valence-corrected chi connectivity index (χ0v) is 15.7. The van der Waals surface area contributed by atoms with E-state index in [1.807, 2.05) is 30.3 Å². The van der Waals surface area contributed by atoms with E-state index < -0.39 is 22.0 Å². The van der Waals surface area contributed by atoms with Gasteiger partial charge in [-0.2, -0.15) is 4.72 Å². The van der Waals surface area contributed by atoms with Crippen LogP contribution >= 0.6 is 0 Å². The van der Waals surface area contributed by atoms with Gasteiger partial charge in [-0.05, 0) is 24.1 Å². The molecule has 0 spiro atoms. The normalized spacial score (nSPS) is 12.3. The average Bonchev–Trinajstić information content (AvgIpc) is 2.66. The lowest BCUT2D eigenvalue weighted by molar-refractivity contribution is -0.122. The fourth-order valence-electron chi connectivity index (χ4n) is 2.45. The van der Waals surface area contributed by atoms with E-state index in [4.69, 9.17) is 9.47 Å². The molecule has 2 aromatic rings. The van der Waals surface area contributed by atoms with E-state index in [2.05, 4.69) is 10.0 Å². The third-order valence-electron chi connectivity index (χ3n) is 3.81. The number of sulfonamides is 1. The maximum absolute atomic E-state index is 12.7. The van der Waals surface area contributed by atoms with Crippen molar-refractivity contribution in [3.8, 4) is 11.5 Å². The minimum absolute atomic E-state index is 0.0166. The molecule has 2 N–H and O–H groups in total. The molecule has 0 aromatic heterocycles. The average molecular weight is 378 g/mol. The Hall–Kier alpha value is -2.58. The first-order valence-electron chi connectivity index (χ1n) is 7.91.